The molecule has 0 radical (unpaired) electrons. The highest BCUT2D eigenvalue weighted by atomic mass is 35.5. The molecule has 31 heavy (non-hydrogen) atoms. The summed E-state index contributed by atoms with van der Waals surface area (Å²) in [6.45, 7) is 7.22. The number of carbonyl (C=O) groups is 2. The Hall–Kier alpha value is -3.84. The first-order chi connectivity index (χ1) is 14.9. The largest absolute Gasteiger partial charge is 0.322 e. The van der Waals surface area contributed by atoms with E-state index in [4.69, 9.17) is 11.6 Å². The van der Waals surface area contributed by atoms with Crippen LogP contribution in [0.5, 0.6) is 0 Å². The third kappa shape index (κ3) is 5.83. The Morgan fingerprint density at radius 1 is 1.03 bits per heavy atom. The molecule has 0 aliphatic heterocycles. The van der Waals surface area contributed by atoms with E-state index in [1.165, 1.54) is 12.4 Å². The number of anilines is 2. The van der Waals surface area contributed by atoms with Gasteiger partial charge >= 0.3 is 0 Å². The second kappa shape index (κ2) is 9.77. The maximum absolute atomic E-state index is 12.8. The fourth-order valence-corrected chi connectivity index (χ4v) is 2.81. The van der Waals surface area contributed by atoms with Gasteiger partial charge in [-0.3, -0.25) is 9.59 Å². The minimum Gasteiger partial charge on any atom is -0.322 e. The minimum atomic E-state index is -0.349. The quantitative estimate of drug-likeness (QED) is 0.521. The van der Waals surface area contributed by atoms with Crippen LogP contribution in [0.1, 0.15) is 33.2 Å². The first-order valence-corrected chi connectivity index (χ1v) is 9.72. The number of rotatable bonds is 6. The number of benzene rings is 2. The normalized spacial score (nSPS) is 11.0. The van der Waals surface area contributed by atoms with Gasteiger partial charge < -0.3 is 10.6 Å². The lowest BCUT2D eigenvalue weighted by atomic mass is 10.1. The third-order valence-electron chi connectivity index (χ3n) is 4.29. The molecule has 0 saturated carbocycles. The van der Waals surface area contributed by atoms with Crippen LogP contribution < -0.4 is 10.6 Å². The van der Waals surface area contributed by atoms with Crippen molar-refractivity contribution in [2.75, 3.05) is 10.6 Å². The standard InChI is InChI=1S/C23H20ClN5O2/c1-4-15(3)27-23-25-12-19(13-26-23)29-22(31)20-11-18(9-8-14(20)2)28-21(30)16-6-5-7-17(24)10-16/h4-13H,1H2,2-3H3,(H,28,30)(H,29,31). The predicted octanol–water partition coefficient (Wildman–Crippen LogP) is 5.22. The van der Waals surface area contributed by atoms with E-state index in [9.17, 15) is 9.59 Å². The number of nitrogens with one attached hydrogen (secondary N) is 2. The van der Waals surface area contributed by atoms with E-state index in [0.717, 1.165) is 5.56 Å². The summed E-state index contributed by atoms with van der Waals surface area (Å²) in [6, 6.07) is 11.7. The van der Waals surface area contributed by atoms with Crippen molar-refractivity contribution < 1.29 is 9.59 Å². The fourth-order valence-electron chi connectivity index (χ4n) is 2.62. The highest BCUT2D eigenvalue weighted by molar-refractivity contribution is 6.31. The van der Waals surface area contributed by atoms with Gasteiger partial charge in [0.15, 0.2) is 0 Å². The lowest BCUT2D eigenvalue weighted by Gasteiger charge is -2.11. The maximum Gasteiger partial charge on any atom is 0.256 e. The van der Waals surface area contributed by atoms with E-state index in [0.29, 0.717) is 33.2 Å². The molecule has 0 spiro atoms. The van der Waals surface area contributed by atoms with Crippen LogP contribution in [0.15, 0.2) is 72.5 Å². The molecule has 1 aromatic heterocycles. The van der Waals surface area contributed by atoms with Gasteiger partial charge in [0.25, 0.3) is 11.8 Å². The SMILES string of the molecule is C=CC(C)=Nc1ncc(NC(=O)c2cc(NC(=O)c3cccc(Cl)c3)ccc2C)cn1. The topological polar surface area (TPSA) is 96.3 Å². The van der Waals surface area contributed by atoms with Gasteiger partial charge in [-0.25, -0.2) is 15.0 Å². The molecule has 1 heterocycles. The smallest absolute Gasteiger partial charge is 0.256 e. The Labute approximate surface area is 184 Å². The number of allylic oxidation sites excluding steroid dienone is 1. The molecule has 0 bridgehead atoms. The van der Waals surface area contributed by atoms with Gasteiger partial charge in [0, 0.05) is 27.5 Å². The number of halogens is 1. The summed E-state index contributed by atoms with van der Waals surface area (Å²) in [6.07, 6.45) is 4.54. The second-order valence-corrected chi connectivity index (χ2v) is 7.11. The van der Waals surface area contributed by atoms with Gasteiger partial charge in [-0.15, -0.1) is 0 Å². The average molecular weight is 434 g/mol. The summed E-state index contributed by atoms with van der Waals surface area (Å²) < 4.78 is 0. The molecule has 3 rings (SSSR count). The number of hydrogen-bond donors (Lipinski definition) is 2. The van der Waals surface area contributed by atoms with Crippen LogP contribution in [0.25, 0.3) is 0 Å². The number of aryl methyl sites for hydroxylation is 1. The Morgan fingerprint density at radius 3 is 2.42 bits per heavy atom. The number of aliphatic imine (C=N–C) groups is 1. The second-order valence-electron chi connectivity index (χ2n) is 6.68. The van der Waals surface area contributed by atoms with Crippen LogP contribution in [0, 0.1) is 6.92 Å². The number of aromatic nitrogens is 2. The van der Waals surface area contributed by atoms with Gasteiger partial charge in [0.2, 0.25) is 5.95 Å². The van der Waals surface area contributed by atoms with Crippen molar-refractivity contribution in [3.63, 3.8) is 0 Å². The lowest BCUT2D eigenvalue weighted by Crippen LogP contribution is -2.16. The zero-order chi connectivity index (χ0) is 22.4. The van der Waals surface area contributed by atoms with E-state index in [-0.39, 0.29) is 17.8 Å². The molecular formula is C23H20ClN5O2. The highest BCUT2D eigenvalue weighted by Crippen LogP contribution is 2.19. The Kier molecular flexibility index (Phi) is 6.89. The zero-order valence-corrected chi connectivity index (χ0v) is 17.8. The van der Waals surface area contributed by atoms with Crippen LogP contribution in [0.2, 0.25) is 5.02 Å². The number of amides is 2. The third-order valence-corrected chi connectivity index (χ3v) is 4.53. The number of carbonyl (C=O) groups excluding carboxylic acids is 2. The van der Waals surface area contributed by atoms with Gasteiger partial charge in [-0.1, -0.05) is 30.3 Å². The van der Waals surface area contributed by atoms with E-state index in [1.54, 1.807) is 55.5 Å². The van der Waals surface area contributed by atoms with Crippen molar-refractivity contribution in [2.24, 2.45) is 4.99 Å². The molecule has 156 valence electrons. The van der Waals surface area contributed by atoms with Gasteiger partial charge in [-0.05, 0) is 55.8 Å². The molecular weight excluding hydrogens is 414 g/mol. The van der Waals surface area contributed by atoms with Crippen molar-refractivity contribution in [3.05, 3.63) is 89.2 Å². The summed E-state index contributed by atoms with van der Waals surface area (Å²) in [5.41, 5.74) is 3.18. The molecule has 7 nitrogen and oxygen atoms in total. The summed E-state index contributed by atoms with van der Waals surface area (Å²) in [4.78, 5) is 37.6. The molecule has 0 atom stereocenters. The molecule has 0 fully saturated rings. The molecule has 0 aliphatic carbocycles. The monoisotopic (exact) mass is 433 g/mol. The molecule has 2 amide bonds. The van der Waals surface area contributed by atoms with Crippen LogP contribution >= 0.6 is 11.6 Å². The zero-order valence-electron chi connectivity index (χ0n) is 17.0. The average Bonchev–Trinajstić information content (AvgIpc) is 2.76. The van der Waals surface area contributed by atoms with Crippen molar-refractivity contribution in [2.45, 2.75) is 13.8 Å². The molecule has 2 N–H and O–H groups in total. The van der Waals surface area contributed by atoms with Crippen molar-refractivity contribution in [1.29, 1.82) is 0 Å². The number of nitrogens with zero attached hydrogens (tertiary/aromatic N) is 3. The Morgan fingerprint density at radius 2 is 1.74 bits per heavy atom. The van der Waals surface area contributed by atoms with Crippen LogP contribution in [0.4, 0.5) is 17.3 Å². The van der Waals surface area contributed by atoms with Crippen molar-refractivity contribution >= 4 is 46.5 Å². The van der Waals surface area contributed by atoms with Crippen molar-refractivity contribution in [3.8, 4) is 0 Å². The summed E-state index contributed by atoms with van der Waals surface area (Å²) in [5, 5.41) is 6.00. The predicted molar refractivity (Wildman–Crippen MR) is 124 cm³/mol. The molecule has 0 aliphatic rings. The highest BCUT2D eigenvalue weighted by Gasteiger charge is 2.13. The Bertz CT molecular complexity index is 1170. The van der Waals surface area contributed by atoms with Gasteiger partial charge in [0.05, 0.1) is 18.1 Å². The summed E-state index contributed by atoms with van der Waals surface area (Å²) in [7, 11) is 0. The van der Waals surface area contributed by atoms with E-state index < -0.39 is 0 Å². The molecule has 0 saturated heterocycles. The lowest BCUT2D eigenvalue weighted by molar-refractivity contribution is 0.101. The van der Waals surface area contributed by atoms with E-state index in [2.05, 4.69) is 32.2 Å². The molecule has 2 aromatic carbocycles. The molecule has 3 aromatic rings. The minimum absolute atomic E-state index is 0.275. The van der Waals surface area contributed by atoms with E-state index in [1.807, 2.05) is 6.92 Å². The van der Waals surface area contributed by atoms with Crippen molar-refractivity contribution in [1.82, 2.24) is 9.97 Å². The van der Waals surface area contributed by atoms with E-state index >= 15 is 0 Å². The van der Waals surface area contributed by atoms with Crippen LogP contribution in [0.3, 0.4) is 0 Å². The summed E-state index contributed by atoms with van der Waals surface area (Å²) >= 11 is 5.94. The van der Waals surface area contributed by atoms with Crippen LogP contribution in [-0.2, 0) is 0 Å². The maximum atomic E-state index is 12.8. The molecule has 8 heteroatoms. The van der Waals surface area contributed by atoms with Gasteiger partial charge in [0.1, 0.15) is 0 Å². The fraction of sp³-hybridized carbons (Fsp3) is 0.0870. The van der Waals surface area contributed by atoms with Gasteiger partial charge in [-0.2, -0.15) is 0 Å². The number of hydrogen-bond acceptors (Lipinski definition) is 5. The first kappa shape index (κ1) is 21.9. The first-order valence-electron chi connectivity index (χ1n) is 9.34. The molecule has 0 unspecified atom stereocenters. The Balaban J connectivity index is 1.74. The van der Waals surface area contributed by atoms with Crippen LogP contribution in [-0.4, -0.2) is 27.5 Å². The summed E-state index contributed by atoms with van der Waals surface area (Å²) in [5.74, 6) is -0.396.